The van der Waals surface area contributed by atoms with Gasteiger partial charge in [0.1, 0.15) is 0 Å². The van der Waals surface area contributed by atoms with E-state index in [1.54, 1.807) is 0 Å². The molecule has 0 saturated carbocycles. The van der Waals surface area contributed by atoms with Gasteiger partial charge < -0.3 is 10.1 Å². The summed E-state index contributed by atoms with van der Waals surface area (Å²) in [6.07, 6.45) is -0.206. The minimum atomic E-state index is -0.206. The van der Waals surface area contributed by atoms with E-state index >= 15 is 0 Å². The first-order valence-electron chi connectivity index (χ1n) is 11.7. The van der Waals surface area contributed by atoms with Gasteiger partial charge in [-0.2, -0.15) is 0 Å². The van der Waals surface area contributed by atoms with Crippen LogP contribution in [0.5, 0.6) is 5.75 Å². The lowest BCUT2D eigenvalue weighted by Crippen LogP contribution is -2.09. The summed E-state index contributed by atoms with van der Waals surface area (Å²) in [5.41, 5.74) is 5.99. The molecule has 4 heteroatoms. The molecule has 5 aromatic carbocycles. The number of nitrogens with one attached hydrogen (secondary N) is 1. The van der Waals surface area contributed by atoms with Gasteiger partial charge in [0.25, 0.3) is 0 Å². The van der Waals surface area contributed by atoms with Crippen LogP contribution in [0.2, 0.25) is 0 Å². The number of benzene rings is 5. The molecule has 2 heterocycles. The molecule has 0 saturated heterocycles. The number of anilines is 1. The smallest absolute Gasteiger partial charge is 0.196 e. The van der Waals surface area contributed by atoms with E-state index in [9.17, 15) is 0 Å². The van der Waals surface area contributed by atoms with Gasteiger partial charge in [0.05, 0.1) is 16.9 Å². The minimum absolute atomic E-state index is 0.206. The van der Waals surface area contributed by atoms with Gasteiger partial charge in [-0.15, -0.1) is 0 Å². The van der Waals surface area contributed by atoms with Crippen molar-refractivity contribution in [2.45, 2.75) is 6.23 Å². The summed E-state index contributed by atoms with van der Waals surface area (Å²) in [6.45, 7) is 0. The average molecular weight is 452 g/mol. The first-order valence-corrected chi connectivity index (χ1v) is 11.7. The Balaban J connectivity index is 1.37. The molecule has 0 amide bonds. The molecule has 1 atom stereocenters. The molecule has 0 radical (unpaired) electrons. The maximum Gasteiger partial charge on any atom is 0.196 e. The van der Waals surface area contributed by atoms with Crippen LogP contribution >= 0.6 is 0 Å². The van der Waals surface area contributed by atoms with Gasteiger partial charge in [0.15, 0.2) is 17.8 Å². The molecule has 1 N–H and O–H groups in total. The number of hydrogen-bond donors (Lipinski definition) is 1. The van der Waals surface area contributed by atoms with Crippen molar-refractivity contribution in [3.63, 3.8) is 0 Å². The molecule has 1 aromatic heterocycles. The Morgan fingerprint density at radius 2 is 1.37 bits per heavy atom. The Labute approximate surface area is 202 Å². The van der Waals surface area contributed by atoms with E-state index < -0.39 is 0 Å². The van der Waals surface area contributed by atoms with Gasteiger partial charge in [-0.05, 0) is 23.6 Å². The summed E-state index contributed by atoms with van der Waals surface area (Å²) in [7, 11) is 0. The highest BCUT2D eigenvalue weighted by Crippen LogP contribution is 2.44. The molecule has 35 heavy (non-hydrogen) atoms. The zero-order valence-corrected chi connectivity index (χ0v) is 18.8. The van der Waals surface area contributed by atoms with Crippen molar-refractivity contribution >= 4 is 27.4 Å². The fraction of sp³-hybridized carbons (Fsp3) is 0.0323. The third kappa shape index (κ3) is 3.39. The number of para-hydroxylation sites is 1. The first kappa shape index (κ1) is 19.7. The lowest BCUT2D eigenvalue weighted by Gasteiger charge is -2.12. The van der Waals surface area contributed by atoms with Crippen molar-refractivity contribution < 1.29 is 4.74 Å². The maximum absolute atomic E-state index is 6.41. The number of rotatable bonds is 3. The molecule has 166 valence electrons. The number of nitrogens with zero attached hydrogens (tertiary/aromatic N) is 2. The molecule has 6 aromatic rings. The summed E-state index contributed by atoms with van der Waals surface area (Å²) >= 11 is 0. The summed E-state index contributed by atoms with van der Waals surface area (Å²) in [6, 6.07) is 39.2. The normalized spacial score (nSPS) is 14.5. The van der Waals surface area contributed by atoms with Crippen LogP contribution in [0.4, 0.5) is 5.69 Å². The SMILES string of the molecule is c1ccc(-c2nc(-c3ccc4ccc5c(c4c3)OC(c3ccccc3)N5)nc3ccccc23)cc1. The summed E-state index contributed by atoms with van der Waals surface area (Å²) in [5.74, 6) is 1.56. The lowest BCUT2D eigenvalue weighted by molar-refractivity contribution is 0.262. The van der Waals surface area contributed by atoms with Crippen LogP contribution in [-0.2, 0) is 0 Å². The second-order valence-electron chi connectivity index (χ2n) is 8.71. The van der Waals surface area contributed by atoms with Crippen molar-refractivity contribution in [2.24, 2.45) is 0 Å². The number of fused-ring (bicyclic) bond motifs is 4. The van der Waals surface area contributed by atoms with E-state index in [0.717, 1.165) is 55.5 Å². The second kappa shape index (κ2) is 7.96. The largest absolute Gasteiger partial charge is 0.464 e. The standard InChI is InChI=1S/C31H21N3O/c1-3-9-21(10-4-1)28-24-13-7-8-14-26(24)32-30(34-28)23-16-15-20-17-18-27-29(25(20)19-23)35-31(33-27)22-11-5-2-6-12-22/h1-19,31,33H. The van der Waals surface area contributed by atoms with Crippen LogP contribution in [0.15, 0.2) is 115 Å². The summed E-state index contributed by atoms with van der Waals surface area (Å²) < 4.78 is 6.41. The van der Waals surface area contributed by atoms with Crippen LogP contribution < -0.4 is 10.1 Å². The molecule has 0 fully saturated rings. The first-order chi connectivity index (χ1) is 17.3. The van der Waals surface area contributed by atoms with Gasteiger partial charge >= 0.3 is 0 Å². The van der Waals surface area contributed by atoms with E-state index in [2.05, 4.69) is 66.0 Å². The zero-order valence-electron chi connectivity index (χ0n) is 18.8. The monoisotopic (exact) mass is 451 g/mol. The Bertz CT molecular complexity index is 1700. The molecule has 0 aliphatic carbocycles. The topological polar surface area (TPSA) is 47.0 Å². The Hall–Kier alpha value is -4.70. The highest BCUT2D eigenvalue weighted by Gasteiger charge is 2.25. The Morgan fingerprint density at radius 1 is 0.629 bits per heavy atom. The van der Waals surface area contributed by atoms with Crippen LogP contribution in [0, 0.1) is 0 Å². The van der Waals surface area contributed by atoms with E-state index in [1.807, 2.05) is 54.6 Å². The second-order valence-corrected chi connectivity index (χ2v) is 8.71. The van der Waals surface area contributed by atoms with Gasteiger partial charge in [-0.1, -0.05) is 97.1 Å². The third-order valence-corrected chi connectivity index (χ3v) is 6.51. The summed E-state index contributed by atoms with van der Waals surface area (Å²) in [5, 5.41) is 6.71. The highest BCUT2D eigenvalue weighted by molar-refractivity contribution is 5.98. The van der Waals surface area contributed by atoms with Crippen molar-refractivity contribution in [2.75, 3.05) is 5.32 Å². The Morgan fingerprint density at radius 3 is 2.23 bits per heavy atom. The lowest BCUT2D eigenvalue weighted by atomic mass is 10.0. The molecular formula is C31H21N3O. The predicted octanol–water partition coefficient (Wildman–Crippen LogP) is 7.62. The molecule has 0 spiro atoms. The average Bonchev–Trinajstić information content (AvgIpc) is 3.38. The quantitative estimate of drug-likeness (QED) is 0.301. The zero-order chi connectivity index (χ0) is 23.2. The van der Waals surface area contributed by atoms with Crippen LogP contribution in [0.25, 0.3) is 44.3 Å². The fourth-order valence-electron chi connectivity index (χ4n) is 4.76. The molecular weight excluding hydrogens is 430 g/mol. The minimum Gasteiger partial charge on any atom is -0.464 e. The number of aromatic nitrogens is 2. The van der Waals surface area contributed by atoms with Crippen molar-refractivity contribution in [3.05, 3.63) is 121 Å². The number of ether oxygens (including phenoxy) is 1. The molecule has 1 unspecified atom stereocenters. The van der Waals surface area contributed by atoms with Crippen LogP contribution in [0.1, 0.15) is 11.8 Å². The molecule has 4 nitrogen and oxygen atoms in total. The van der Waals surface area contributed by atoms with E-state index in [1.165, 1.54) is 0 Å². The van der Waals surface area contributed by atoms with Crippen molar-refractivity contribution in [3.8, 4) is 28.4 Å². The van der Waals surface area contributed by atoms with E-state index in [4.69, 9.17) is 14.7 Å². The van der Waals surface area contributed by atoms with Gasteiger partial charge in [0.2, 0.25) is 0 Å². The van der Waals surface area contributed by atoms with E-state index in [0.29, 0.717) is 5.82 Å². The van der Waals surface area contributed by atoms with Crippen LogP contribution in [-0.4, -0.2) is 9.97 Å². The third-order valence-electron chi connectivity index (χ3n) is 6.51. The molecule has 1 aliphatic rings. The molecule has 1 aliphatic heterocycles. The van der Waals surface area contributed by atoms with E-state index in [-0.39, 0.29) is 6.23 Å². The summed E-state index contributed by atoms with van der Waals surface area (Å²) in [4.78, 5) is 9.96. The maximum atomic E-state index is 6.41. The van der Waals surface area contributed by atoms with Gasteiger partial charge in [0, 0.05) is 27.5 Å². The molecule has 7 rings (SSSR count). The van der Waals surface area contributed by atoms with Crippen molar-refractivity contribution in [1.29, 1.82) is 0 Å². The molecule has 0 bridgehead atoms. The predicted molar refractivity (Wildman–Crippen MR) is 141 cm³/mol. The number of hydrogen-bond acceptors (Lipinski definition) is 4. The fourth-order valence-corrected chi connectivity index (χ4v) is 4.76. The van der Waals surface area contributed by atoms with Crippen molar-refractivity contribution in [1.82, 2.24) is 9.97 Å². The Kier molecular flexibility index (Phi) is 4.49. The van der Waals surface area contributed by atoms with Gasteiger partial charge in [-0.3, -0.25) is 0 Å². The van der Waals surface area contributed by atoms with Crippen LogP contribution in [0.3, 0.4) is 0 Å². The van der Waals surface area contributed by atoms with Gasteiger partial charge in [-0.25, -0.2) is 9.97 Å². The highest BCUT2D eigenvalue weighted by atomic mass is 16.5.